The number of nitrogens with zero attached hydrogens (tertiary/aromatic N) is 2. The summed E-state index contributed by atoms with van der Waals surface area (Å²) in [6, 6.07) is 17.7. The predicted octanol–water partition coefficient (Wildman–Crippen LogP) is 4.28. The summed E-state index contributed by atoms with van der Waals surface area (Å²) >= 11 is 0. The molecule has 33 heavy (non-hydrogen) atoms. The van der Waals surface area contributed by atoms with E-state index in [-0.39, 0.29) is 18.1 Å². The second-order valence-electron chi connectivity index (χ2n) is 7.67. The van der Waals surface area contributed by atoms with Crippen molar-refractivity contribution in [2.75, 3.05) is 5.32 Å². The van der Waals surface area contributed by atoms with Gasteiger partial charge in [0.25, 0.3) is 11.5 Å². The maximum absolute atomic E-state index is 12.8. The molecule has 4 aromatic rings. The number of carbonyl (C=O) groups is 1. The first-order valence-corrected chi connectivity index (χ1v) is 10.7. The number of rotatable bonds is 8. The Balaban J connectivity index is 1.45. The third kappa shape index (κ3) is 5.23. The van der Waals surface area contributed by atoms with Crippen molar-refractivity contribution < 1.29 is 18.8 Å². The normalized spacial score (nSPS) is 11.8. The second-order valence-corrected chi connectivity index (χ2v) is 7.67. The molecular formula is C25H25N3O5. The lowest BCUT2D eigenvalue weighted by molar-refractivity contribution is -0.122. The third-order valence-corrected chi connectivity index (χ3v) is 5.04. The molecule has 0 bridgehead atoms. The maximum Gasteiger partial charge on any atom is 0.287 e. The number of amides is 1. The minimum atomic E-state index is -0.625. The lowest BCUT2D eigenvalue weighted by Gasteiger charge is -2.18. The zero-order valence-corrected chi connectivity index (χ0v) is 18.7. The van der Waals surface area contributed by atoms with Gasteiger partial charge >= 0.3 is 0 Å². The monoisotopic (exact) mass is 447 g/mol. The molecular weight excluding hydrogens is 422 g/mol. The number of aromatic nitrogens is 2. The summed E-state index contributed by atoms with van der Waals surface area (Å²) in [6.07, 6.45) is -0.104. The quantitative estimate of drug-likeness (QED) is 0.433. The van der Waals surface area contributed by atoms with Crippen molar-refractivity contribution in [3.8, 4) is 11.5 Å². The van der Waals surface area contributed by atoms with Crippen LogP contribution < -0.4 is 20.3 Å². The van der Waals surface area contributed by atoms with E-state index >= 15 is 0 Å². The van der Waals surface area contributed by atoms with Gasteiger partial charge in [0.1, 0.15) is 23.9 Å². The summed E-state index contributed by atoms with van der Waals surface area (Å²) in [4.78, 5) is 29.4. The highest BCUT2D eigenvalue weighted by molar-refractivity contribution is 5.94. The van der Waals surface area contributed by atoms with Crippen molar-refractivity contribution in [3.63, 3.8) is 0 Å². The van der Waals surface area contributed by atoms with E-state index < -0.39 is 6.10 Å². The number of carbonyl (C=O) groups excluding carboxylic acids is 1. The van der Waals surface area contributed by atoms with E-state index in [4.69, 9.17) is 14.0 Å². The van der Waals surface area contributed by atoms with Crippen LogP contribution in [-0.2, 0) is 11.4 Å². The van der Waals surface area contributed by atoms with Crippen molar-refractivity contribution in [2.45, 2.75) is 39.9 Å². The van der Waals surface area contributed by atoms with Crippen LogP contribution in [0.5, 0.6) is 11.5 Å². The highest BCUT2D eigenvalue weighted by atomic mass is 16.5. The van der Waals surface area contributed by atoms with Gasteiger partial charge in [0.05, 0.1) is 5.69 Å². The van der Waals surface area contributed by atoms with E-state index in [2.05, 4.69) is 10.3 Å². The highest BCUT2D eigenvalue weighted by Crippen LogP contribution is 2.24. The van der Waals surface area contributed by atoms with E-state index in [0.29, 0.717) is 40.7 Å². The molecule has 0 spiro atoms. The molecule has 2 heterocycles. The molecule has 0 saturated carbocycles. The summed E-state index contributed by atoms with van der Waals surface area (Å²) in [5.41, 5.74) is 2.08. The molecule has 0 unspecified atom stereocenters. The number of para-hydroxylation sites is 1. The van der Waals surface area contributed by atoms with Crippen LogP contribution in [0.1, 0.15) is 30.4 Å². The van der Waals surface area contributed by atoms with Gasteiger partial charge in [-0.2, -0.15) is 0 Å². The Morgan fingerprint density at radius 3 is 2.67 bits per heavy atom. The molecule has 2 aromatic heterocycles. The van der Waals surface area contributed by atoms with Gasteiger partial charge in [0, 0.05) is 23.9 Å². The molecule has 0 aliphatic heterocycles. The average molecular weight is 447 g/mol. The van der Waals surface area contributed by atoms with Crippen molar-refractivity contribution in [1.29, 1.82) is 0 Å². The SMILES string of the molecule is CC[C@@H](Oc1ccccc1)C(=O)Nc1ccc(C)c(OCc2cc(=O)n3oc(C)cc3n2)c1. The second kappa shape index (κ2) is 9.60. The van der Waals surface area contributed by atoms with Crippen molar-refractivity contribution >= 4 is 17.2 Å². The Hall–Kier alpha value is -4.07. The largest absolute Gasteiger partial charge is 0.487 e. The van der Waals surface area contributed by atoms with Crippen LogP contribution in [-0.4, -0.2) is 21.6 Å². The third-order valence-electron chi connectivity index (χ3n) is 5.04. The summed E-state index contributed by atoms with van der Waals surface area (Å²) in [7, 11) is 0. The molecule has 2 aromatic carbocycles. The summed E-state index contributed by atoms with van der Waals surface area (Å²) in [5, 5.41) is 2.89. The van der Waals surface area contributed by atoms with Crippen LogP contribution in [0.25, 0.3) is 5.65 Å². The highest BCUT2D eigenvalue weighted by Gasteiger charge is 2.19. The Kier molecular flexibility index (Phi) is 6.44. The minimum Gasteiger partial charge on any atom is -0.487 e. The van der Waals surface area contributed by atoms with Gasteiger partial charge in [-0.25, -0.2) is 4.98 Å². The summed E-state index contributed by atoms with van der Waals surface area (Å²) < 4.78 is 18.2. The van der Waals surface area contributed by atoms with Gasteiger partial charge in [-0.15, -0.1) is 4.57 Å². The molecule has 8 heteroatoms. The number of hydrogen-bond acceptors (Lipinski definition) is 6. The molecule has 1 amide bonds. The van der Waals surface area contributed by atoms with Crippen LogP contribution in [0.2, 0.25) is 0 Å². The standard InChI is InChI=1S/C25H25N3O5/c1-4-21(32-20-8-6-5-7-9-20)25(30)27-18-11-10-16(2)22(13-18)31-15-19-14-24(29)28-23(26-19)12-17(3)33-28/h5-14,21H,4,15H2,1-3H3,(H,27,30)/t21-/m1/s1. The van der Waals surface area contributed by atoms with Crippen LogP contribution >= 0.6 is 0 Å². The first kappa shape index (κ1) is 22.1. The fraction of sp³-hybridized carbons (Fsp3) is 0.240. The number of nitrogens with one attached hydrogen (secondary N) is 1. The van der Waals surface area contributed by atoms with E-state index in [0.717, 1.165) is 10.1 Å². The molecule has 0 aliphatic carbocycles. The molecule has 1 atom stereocenters. The molecule has 8 nitrogen and oxygen atoms in total. The molecule has 0 fully saturated rings. The maximum atomic E-state index is 12.8. The van der Waals surface area contributed by atoms with Gasteiger partial charge in [-0.1, -0.05) is 31.2 Å². The van der Waals surface area contributed by atoms with E-state index in [1.54, 1.807) is 25.1 Å². The van der Waals surface area contributed by atoms with Gasteiger partial charge in [-0.3, -0.25) is 9.59 Å². The summed E-state index contributed by atoms with van der Waals surface area (Å²) in [6.45, 7) is 5.65. The fourth-order valence-corrected chi connectivity index (χ4v) is 3.34. The van der Waals surface area contributed by atoms with Crippen LogP contribution in [0, 0.1) is 13.8 Å². The minimum absolute atomic E-state index is 0.100. The predicted molar refractivity (Wildman–Crippen MR) is 124 cm³/mol. The first-order valence-electron chi connectivity index (χ1n) is 10.7. The average Bonchev–Trinajstić information content (AvgIpc) is 3.19. The number of aryl methyl sites for hydroxylation is 2. The summed E-state index contributed by atoms with van der Waals surface area (Å²) in [5.74, 6) is 1.57. The Morgan fingerprint density at radius 2 is 1.91 bits per heavy atom. The Bertz CT molecular complexity index is 1330. The molecule has 4 rings (SSSR count). The number of hydrogen-bond donors (Lipinski definition) is 1. The number of anilines is 1. The lowest BCUT2D eigenvalue weighted by atomic mass is 10.2. The topological polar surface area (TPSA) is 95.1 Å². The first-order chi connectivity index (χ1) is 15.9. The smallest absolute Gasteiger partial charge is 0.287 e. The van der Waals surface area contributed by atoms with Crippen molar-refractivity contribution in [2.24, 2.45) is 0 Å². The fourth-order valence-electron chi connectivity index (χ4n) is 3.34. The van der Waals surface area contributed by atoms with Gasteiger partial charge in [0.15, 0.2) is 11.8 Å². The van der Waals surface area contributed by atoms with Crippen molar-refractivity contribution in [3.05, 3.63) is 88.0 Å². The molecule has 1 N–H and O–H groups in total. The Labute approximate surface area is 190 Å². The van der Waals surface area contributed by atoms with E-state index in [1.807, 2.05) is 50.2 Å². The zero-order valence-electron chi connectivity index (χ0n) is 18.7. The van der Waals surface area contributed by atoms with Crippen molar-refractivity contribution in [1.82, 2.24) is 9.56 Å². The van der Waals surface area contributed by atoms with Gasteiger partial charge in [0.2, 0.25) is 0 Å². The van der Waals surface area contributed by atoms with E-state index in [1.165, 1.54) is 6.07 Å². The molecule has 0 radical (unpaired) electrons. The van der Waals surface area contributed by atoms with E-state index in [9.17, 15) is 9.59 Å². The number of ether oxygens (including phenoxy) is 2. The molecule has 0 saturated heterocycles. The molecule has 0 aliphatic rings. The Morgan fingerprint density at radius 1 is 1.12 bits per heavy atom. The molecule has 170 valence electrons. The van der Waals surface area contributed by atoms with Crippen LogP contribution in [0.3, 0.4) is 0 Å². The lowest BCUT2D eigenvalue weighted by Crippen LogP contribution is -2.32. The van der Waals surface area contributed by atoms with Gasteiger partial charge in [-0.05, 0) is 44.0 Å². The number of fused-ring (bicyclic) bond motifs is 1. The zero-order chi connectivity index (χ0) is 23.4. The van der Waals surface area contributed by atoms with Crippen LogP contribution in [0.15, 0.2) is 70.0 Å². The van der Waals surface area contributed by atoms with Crippen LogP contribution in [0.4, 0.5) is 5.69 Å². The number of benzene rings is 2. The van der Waals surface area contributed by atoms with Gasteiger partial charge < -0.3 is 19.3 Å².